The van der Waals surface area contributed by atoms with Crippen molar-refractivity contribution in [3.05, 3.63) is 91.5 Å². The van der Waals surface area contributed by atoms with E-state index in [2.05, 4.69) is 20.1 Å². The van der Waals surface area contributed by atoms with Gasteiger partial charge in [-0.2, -0.15) is 0 Å². The molecule has 45 heavy (non-hydrogen) atoms. The molecule has 4 aliphatic rings. The minimum absolute atomic E-state index is 0.0288. The molecule has 6 rings (SSSR count). The van der Waals surface area contributed by atoms with Crippen molar-refractivity contribution in [2.75, 3.05) is 24.6 Å². The van der Waals surface area contributed by atoms with Crippen molar-refractivity contribution in [3.63, 3.8) is 0 Å². The highest BCUT2D eigenvalue weighted by atomic mass is 32.2. The summed E-state index contributed by atoms with van der Waals surface area (Å²) >= 11 is 1.68. The molecular weight excluding hydrogens is 582 g/mol. The van der Waals surface area contributed by atoms with Gasteiger partial charge in [-0.1, -0.05) is 86.9 Å². The molecule has 0 radical (unpaired) electrons. The Labute approximate surface area is 271 Å². The normalized spacial score (nSPS) is 29.7. The highest BCUT2D eigenvalue weighted by Crippen LogP contribution is 2.69. The van der Waals surface area contributed by atoms with E-state index in [0.29, 0.717) is 13.1 Å². The molecule has 1 spiro atoms. The summed E-state index contributed by atoms with van der Waals surface area (Å²) in [5, 5.41) is 10.8. The number of anilines is 1. The molecule has 3 saturated heterocycles. The summed E-state index contributed by atoms with van der Waals surface area (Å²) in [5.41, 5.74) is 1.54. The van der Waals surface area contributed by atoms with Gasteiger partial charge in [0.2, 0.25) is 17.7 Å². The van der Waals surface area contributed by atoms with Gasteiger partial charge < -0.3 is 19.8 Å². The SMILES string of the molecule is C=CCN(C(=O)[C@@H]1[C@H]2C(=O)N([C@H](CO)c3ccccc3)C(C(=O)N(CC=C)C3CCCCC3)C23S[C@@H]1CC3C)c1ccccc1. The lowest BCUT2D eigenvalue weighted by Gasteiger charge is -2.44. The molecule has 2 aromatic rings. The molecule has 2 aromatic carbocycles. The number of para-hydroxylation sites is 1. The number of aliphatic hydroxyl groups is 1. The number of fused-ring (bicyclic) bond motifs is 1. The summed E-state index contributed by atoms with van der Waals surface area (Å²) in [6.07, 6.45) is 9.40. The first-order valence-electron chi connectivity index (χ1n) is 16.4. The third kappa shape index (κ3) is 5.24. The second kappa shape index (κ2) is 13.2. The monoisotopic (exact) mass is 627 g/mol. The van der Waals surface area contributed by atoms with Gasteiger partial charge in [0.05, 0.1) is 29.2 Å². The molecule has 3 aliphatic heterocycles. The Morgan fingerprint density at radius 2 is 1.64 bits per heavy atom. The first kappa shape index (κ1) is 31.6. The number of likely N-dealkylation sites (tertiary alicyclic amines) is 1. The van der Waals surface area contributed by atoms with Gasteiger partial charge in [0.25, 0.3) is 0 Å². The Kier molecular flexibility index (Phi) is 9.25. The van der Waals surface area contributed by atoms with Crippen LogP contribution in [0.2, 0.25) is 0 Å². The van der Waals surface area contributed by atoms with E-state index < -0.39 is 28.7 Å². The minimum atomic E-state index is -0.804. The zero-order valence-corrected chi connectivity index (χ0v) is 27.0. The van der Waals surface area contributed by atoms with Crippen LogP contribution >= 0.6 is 11.8 Å². The first-order valence-corrected chi connectivity index (χ1v) is 17.3. The molecule has 3 amide bonds. The summed E-state index contributed by atoms with van der Waals surface area (Å²) in [4.78, 5) is 50.1. The number of amides is 3. The summed E-state index contributed by atoms with van der Waals surface area (Å²) in [6, 6.07) is 17.6. The molecule has 3 heterocycles. The van der Waals surface area contributed by atoms with Crippen LogP contribution in [-0.2, 0) is 14.4 Å². The average molecular weight is 628 g/mol. The van der Waals surface area contributed by atoms with Gasteiger partial charge in [0.1, 0.15) is 6.04 Å². The number of hydrogen-bond donors (Lipinski definition) is 1. The zero-order valence-electron chi connectivity index (χ0n) is 26.2. The maximum atomic E-state index is 15.1. The van der Waals surface area contributed by atoms with Crippen molar-refractivity contribution in [3.8, 4) is 0 Å². The summed E-state index contributed by atoms with van der Waals surface area (Å²) in [5.74, 6) is -1.62. The number of benzene rings is 2. The molecule has 3 unspecified atom stereocenters. The van der Waals surface area contributed by atoms with Crippen molar-refractivity contribution < 1.29 is 19.5 Å². The van der Waals surface area contributed by atoms with E-state index in [1.165, 1.54) is 0 Å². The summed E-state index contributed by atoms with van der Waals surface area (Å²) < 4.78 is -0.786. The predicted molar refractivity (Wildman–Crippen MR) is 180 cm³/mol. The molecule has 2 bridgehead atoms. The fourth-order valence-electron chi connectivity index (χ4n) is 8.73. The maximum Gasteiger partial charge on any atom is 0.247 e. The lowest BCUT2D eigenvalue weighted by Crippen LogP contribution is -2.59. The second-order valence-corrected chi connectivity index (χ2v) is 14.6. The number of aliphatic hydroxyl groups excluding tert-OH is 1. The van der Waals surface area contributed by atoms with Crippen LogP contribution in [-0.4, -0.2) is 74.4 Å². The van der Waals surface area contributed by atoms with Crippen LogP contribution in [0.3, 0.4) is 0 Å². The molecule has 7 nitrogen and oxygen atoms in total. The summed E-state index contributed by atoms with van der Waals surface area (Å²) in [6.45, 7) is 10.5. The van der Waals surface area contributed by atoms with Crippen molar-refractivity contribution in [1.82, 2.24) is 9.80 Å². The van der Waals surface area contributed by atoms with Gasteiger partial charge in [-0.25, -0.2) is 0 Å². The van der Waals surface area contributed by atoms with Crippen LogP contribution in [0.25, 0.3) is 0 Å². The Morgan fingerprint density at radius 3 is 2.27 bits per heavy atom. The molecule has 0 aromatic heterocycles. The van der Waals surface area contributed by atoms with Gasteiger partial charge >= 0.3 is 0 Å². The number of hydrogen-bond acceptors (Lipinski definition) is 5. The number of nitrogens with zero attached hydrogens (tertiary/aromatic N) is 3. The van der Waals surface area contributed by atoms with Gasteiger partial charge in [0, 0.05) is 30.1 Å². The standard InChI is InChI=1S/C37H45N3O4S/c1-4-21-38(27-17-11-7-12-18-27)34(42)31-30-23-25(3)37(45-30)32(31)35(43)40(29(24-41)26-15-9-6-10-16-26)33(37)36(44)39(22-5-2)28-19-13-8-14-20-28/h4-7,9-12,15-18,25,28-33,41H,1-2,8,13-14,19-24H2,3H3/t25?,29-,30-,31+,32+,33?,37?/m1/s1. The first-order chi connectivity index (χ1) is 21.9. The van der Waals surface area contributed by atoms with Crippen molar-refractivity contribution in [2.45, 2.75) is 73.6 Å². The fourth-order valence-corrected chi connectivity index (χ4v) is 11.1. The lowest BCUT2D eigenvalue weighted by atomic mass is 9.65. The van der Waals surface area contributed by atoms with E-state index >= 15 is 9.59 Å². The van der Waals surface area contributed by atoms with Crippen LogP contribution in [0.15, 0.2) is 86.0 Å². The molecule has 8 heteroatoms. The van der Waals surface area contributed by atoms with E-state index in [0.717, 1.165) is 49.8 Å². The van der Waals surface area contributed by atoms with Gasteiger partial charge in [-0.3, -0.25) is 14.4 Å². The van der Waals surface area contributed by atoms with Gasteiger partial charge in [0.15, 0.2) is 0 Å². The fraction of sp³-hybridized carbons (Fsp3) is 0.486. The van der Waals surface area contributed by atoms with E-state index in [9.17, 15) is 9.90 Å². The molecule has 1 N–H and O–H groups in total. The number of carbonyl (C=O) groups excluding carboxylic acids is 3. The molecule has 238 valence electrons. The molecule has 4 fully saturated rings. The molecule has 1 aliphatic carbocycles. The zero-order chi connectivity index (χ0) is 31.7. The third-order valence-corrected chi connectivity index (χ3v) is 12.7. The van der Waals surface area contributed by atoms with E-state index in [1.807, 2.05) is 65.6 Å². The van der Waals surface area contributed by atoms with Gasteiger partial charge in [-0.05, 0) is 42.9 Å². The van der Waals surface area contributed by atoms with E-state index in [-0.39, 0.29) is 41.5 Å². The van der Waals surface area contributed by atoms with E-state index in [4.69, 9.17) is 0 Å². The smallest absolute Gasteiger partial charge is 0.247 e. The highest BCUT2D eigenvalue weighted by Gasteiger charge is 2.77. The largest absolute Gasteiger partial charge is 0.394 e. The quantitative estimate of drug-likeness (QED) is 0.327. The lowest BCUT2D eigenvalue weighted by molar-refractivity contribution is -0.147. The highest BCUT2D eigenvalue weighted by molar-refractivity contribution is 8.02. The Balaban J connectivity index is 1.47. The van der Waals surface area contributed by atoms with Crippen LogP contribution < -0.4 is 4.90 Å². The second-order valence-electron chi connectivity index (χ2n) is 13.1. The van der Waals surface area contributed by atoms with Crippen LogP contribution in [0.5, 0.6) is 0 Å². The van der Waals surface area contributed by atoms with Crippen molar-refractivity contribution >= 4 is 35.2 Å². The predicted octanol–water partition coefficient (Wildman–Crippen LogP) is 5.62. The summed E-state index contributed by atoms with van der Waals surface area (Å²) in [7, 11) is 0. The maximum absolute atomic E-state index is 15.1. The van der Waals surface area contributed by atoms with Gasteiger partial charge in [-0.15, -0.1) is 24.9 Å². The van der Waals surface area contributed by atoms with Crippen molar-refractivity contribution in [2.24, 2.45) is 17.8 Å². The Hall–Kier alpha value is -3.36. The topological polar surface area (TPSA) is 81.2 Å². The van der Waals surface area contributed by atoms with E-state index in [1.54, 1.807) is 33.7 Å². The number of rotatable bonds is 11. The number of thioether (sulfide) groups is 1. The molecular formula is C37H45N3O4S. The minimum Gasteiger partial charge on any atom is -0.394 e. The molecule has 7 atom stereocenters. The van der Waals surface area contributed by atoms with Crippen LogP contribution in [0, 0.1) is 17.8 Å². The third-order valence-electron chi connectivity index (χ3n) is 10.7. The Bertz CT molecular complexity index is 1410. The van der Waals surface area contributed by atoms with Crippen molar-refractivity contribution in [1.29, 1.82) is 0 Å². The molecule has 1 saturated carbocycles. The average Bonchev–Trinajstić information content (AvgIpc) is 3.67. The number of carbonyl (C=O) groups is 3. The Morgan fingerprint density at radius 1 is 1.00 bits per heavy atom. The van der Waals surface area contributed by atoms with Crippen LogP contribution in [0.1, 0.15) is 57.1 Å². The van der Waals surface area contributed by atoms with Crippen LogP contribution in [0.4, 0.5) is 5.69 Å².